The molecule has 0 radical (unpaired) electrons. The van der Waals surface area contributed by atoms with Gasteiger partial charge in [0.1, 0.15) is 0 Å². The SMILES string of the molecule is CCCCc1ccc2c(c1)C1(C)C=CC(C)C3=C1C1(C)C(=C4C(C)(C)c5ccccc5C34C)B3c4c(cc5c(c4-c4ccccc4N3c3ccccc3)C(C)(C)c3ccccc3-5)N21. The minimum absolute atomic E-state index is 0.0637. The van der Waals surface area contributed by atoms with E-state index < -0.39 is 5.54 Å². The molecule has 0 amide bonds. The first-order chi connectivity index (χ1) is 30.3. The van der Waals surface area contributed by atoms with Crippen LogP contribution in [0.1, 0.15) is 109 Å². The Morgan fingerprint density at radius 2 is 1.29 bits per heavy atom. The van der Waals surface area contributed by atoms with Crippen molar-refractivity contribution in [3.05, 3.63) is 195 Å². The Labute approximate surface area is 375 Å². The number of hydrogen-bond acceptors (Lipinski definition) is 2. The third-order valence-electron chi connectivity index (χ3n) is 17.5. The lowest BCUT2D eigenvalue weighted by Gasteiger charge is -2.67. The second-order valence-electron chi connectivity index (χ2n) is 21.5. The van der Waals surface area contributed by atoms with Gasteiger partial charge in [0, 0.05) is 50.0 Å². The number of hydrogen-bond donors (Lipinski definition) is 0. The van der Waals surface area contributed by atoms with E-state index in [4.69, 9.17) is 0 Å². The third-order valence-corrected chi connectivity index (χ3v) is 17.5. The second-order valence-corrected chi connectivity index (χ2v) is 21.5. The number of fused-ring (bicyclic) bond motifs is 15. The molecule has 0 bridgehead atoms. The topological polar surface area (TPSA) is 6.48 Å². The molecule has 0 spiro atoms. The Balaban J connectivity index is 1.29. The Morgan fingerprint density at radius 1 is 0.603 bits per heavy atom. The van der Waals surface area contributed by atoms with E-state index in [1.54, 1.807) is 22.2 Å². The molecule has 4 aliphatic carbocycles. The standard InChI is InChI=1S/C60H57BN2/c1-10-11-21-37-30-31-47-45(34-37)58(7)33-32-36(2)50-53(58)60(9)55(54-57(5,6)43-27-18-19-28-44(43)59(50,54)8)61-52-48(62(47)60)35-41-39-24-15-17-26-42(39)56(3,4)51(41)49(52)40-25-16-20-29-46(40)63(61)38-22-13-12-14-23-38/h12-20,22-36H,10-11,21H2,1-9H3. The highest BCUT2D eigenvalue weighted by molar-refractivity contribution is 6.88. The van der Waals surface area contributed by atoms with Gasteiger partial charge < -0.3 is 9.71 Å². The van der Waals surface area contributed by atoms with Crippen molar-refractivity contribution in [2.45, 2.75) is 109 Å². The maximum Gasteiger partial charge on any atom is 0.329 e. The number of aryl methyl sites for hydroxylation is 1. The van der Waals surface area contributed by atoms with Crippen molar-refractivity contribution in [1.29, 1.82) is 0 Å². The minimum Gasteiger partial charge on any atom is -0.377 e. The zero-order valence-corrected chi connectivity index (χ0v) is 38.4. The summed E-state index contributed by atoms with van der Waals surface area (Å²) >= 11 is 0. The summed E-state index contributed by atoms with van der Waals surface area (Å²) in [4.78, 5) is 5.69. The van der Waals surface area contributed by atoms with Crippen LogP contribution < -0.4 is 15.2 Å². The van der Waals surface area contributed by atoms with E-state index in [-0.39, 0.29) is 34.4 Å². The zero-order valence-electron chi connectivity index (χ0n) is 38.4. The molecule has 0 N–H and O–H groups in total. The van der Waals surface area contributed by atoms with Crippen molar-refractivity contribution in [2.75, 3.05) is 9.71 Å². The fraction of sp³-hybridized carbons (Fsp3) is 0.300. The molecular weight excluding hydrogens is 759 g/mol. The summed E-state index contributed by atoms with van der Waals surface area (Å²) in [7, 11) is 0. The lowest BCUT2D eigenvalue weighted by Crippen LogP contribution is -2.71. The molecule has 6 aromatic rings. The van der Waals surface area contributed by atoms with E-state index in [0.717, 1.165) is 6.42 Å². The van der Waals surface area contributed by atoms with E-state index in [1.807, 2.05) is 0 Å². The first-order valence-corrected chi connectivity index (χ1v) is 23.8. The summed E-state index contributed by atoms with van der Waals surface area (Å²) in [5.41, 5.74) is 25.8. The van der Waals surface area contributed by atoms with Crippen molar-refractivity contribution in [3.8, 4) is 22.3 Å². The van der Waals surface area contributed by atoms with Gasteiger partial charge in [-0.25, -0.2) is 0 Å². The minimum atomic E-state index is -0.495. The van der Waals surface area contributed by atoms with Crippen LogP contribution in [0.2, 0.25) is 0 Å². The molecule has 0 saturated heterocycles. The Morgan fingerprint density at radius 3 is 2.05 bits per heavy atom. The van der Waals surface area contributed by atoms with Crippen LogP contribution in [0.4, 0.5) is 22.7 Å². The lowest BCUT2D eigenvalue weighted by molar-refractivity contribution is 0.406. The summed E-state index contributed by atoms with van der Waals surface area (Å²) in [6.45, 7) is 22.7. The monoisotopic (exact) mass is 816 g/mol. The van der Waals surface area contributed by atoms with E-state index in [0.29, 0.717) is 0 Å². The van der Waals surface area contributed by atoms with Gasteiger partial charge in [0.15, 0.2) is 0 Å². The highest BCUT2D eigenvalue weighted by Gasteiger charge is 2.70. The summed E-state index contributed by atoms with van der Waals surface area (Å²) in [6, 6.07) is 49.9. The van der Waals surface area contributed by atoms with Crippen molar-refractivity contribution < 1.29 is 0 Å². The molecule has 4 unspecified atom stereocenters. The molecule has 3 heteroatoms. The average molecular weight is 817 g/mol. The molecule has 3 heterocycles. The van der Waals surface area contributed by atoms with Gasteiger partial charge in [-0.3, -0.25) is 0 Å². The van der Waals surface area contributed by atoms with E-state index in [1.165, 1.54) is 96.7 Å². The molecule has 4 atom stereocenters. The average Bonchev–Trinajstić information content (AvgIpc) is 3.63. The fourth-order valence-electron chi connectivity index (χ4n) is 15.3. The van der Waals surface area contributed by atoms with Crippen molar-refractivity contribution >= 4 is 35.1 Å². The van der Waals surface area contributed by atoms with Crippen LogP contribution in [0.25, 0.3) is 22.3 Å². The normalized spacial score (nSPS) is 26.4. The van der Waals surface area contributed by atoms with Crippen LogP contribution in [0.3, 0.4) is 0 Å². The predicted molar refractivity (Wildman–Crippen MR) is 266 cm³/mol. The van der Waals surface area contributed by atoms with Crippen molar-refractivity contribution in [3.63, 3.8) is 0 Å². The fourth-order valence-corrected chi connectivity index (χ4v) is 15.3. The van der Waals surface area contributed by atoms with Gasteiger partial charge in [-0.2, -0.15) is 0 Å². The van der Waals surface area contributed by atoms with Crippen LogP contribution in [0, 0.1) is 5.92 Å². The van der Waals surface area contributed by atoms with Crippen LogP contribution >= 0.6 is 0 Å². The molecule has 6 aromatic carbocycles. The molecule has 7 aliphatic rings. The van der Waals surface area contributed by atoms with Crippen molar-refractivity contribution in [2.24, 2.45) is 5.92 Å². The number of allylic oxidation sites excluding steroid dienone is 4. The van der Waals surface area contributed by atoms with Crippen molar-refractivity contribution in [1.82, 2.24) is 0 Å². The summed E-state index contributed by atoms with van der Waals surface area (Å²) in [6.07, 6.45) is 8.70. The zero-order chi connectivity index (χ0) is 43.2. The third kappa shape index (κ3) is 4.20. The molecule has 0 aromatic heterocycles. The van der Waals surface area contributed by atoms with Crippen LogP contribution in [-0.2, 0) is 28.1 Å². The molecule has 3 aliphatic heterocycles. The van der Waals surface area contributed by atoms with Crippen LogP contribution in [0.5, 0.6) is 0 Å². The molecule has 0 fully saturated rings. The summed E-state index contributed by atoms with van der Waals surface area (Å²) < 4.78 is 0. The molecule has 2 nitrogen and oxygen atoms in total. The van der Waals surface area contributed by atoms with E-state index in [2.05, 4.69) is 212 Å². The van der Waals surface area contributed by atoms with E-state index in [9.17, 15) is 0 Å². The van der Waals surface area contributed by atoms with Gasteiger partial charge in [0.25, 0.3) is 0 Å². The van der Waals surface area contributed by atoms with Gasteiger partial charge in [0.2, 0.25) is 0 Å². The smallest absolute Gasteiger partial charge is 0.329 e. The second kappa shape index (κ2) is 12.1. The van der Waals surface area contributed by atoms with Gasteiger partial charge in [0.05, 0.1) is 5.54 Å². The summed E-state index contributed by atoms with van der Waals surface area (Å²) in [5, 5.41) is 0. The Kier molecular flexibility index (Phi) is 7.22. The van der Waals surface area contributed by atoms with Crippen LogP contribution in [-0.4, -0.2) is 12.4 Å². The van der Waals surface area contributed by atoms with Gasteiger partial charge in [-0.05, 0) is 142 Å². The highest BCUT2D eigenvalue weighted by atomic mass is 15.3. The number of benzene rings is 6. The molecular formula is C60H57BN2. The highest BCUT2D eigenvalue weighted by Crippen LogP contribution is 2.73. The first-order valence-electron chi connectivity index (χ1n) is 23.8. The maximum atomic E-state index is 2.91. The number of nitrogens with zero attached hydrogens (tertiary/aromatic N) is 2. The summed E-state index contributed by atoms with van der Waals surface area (Å²) in [5.74, 6) is 0.266. The quantitative estimate of drug-likeness (QED) is 0.129. The number of rotatable bonds is 4. The van der Waals surface area contributed by atoms with Crippen LogP contribution in [0.15, 0.2) is 162 Å². The Hall–Kier alpha value is -5.80. The first kappa shape index (κ1) is 37.7. The predicted octanol–water partition coefficient (Wildman–Crippen LogP) is 14.1. The molecule has 13 rings (SSSR count). The largest absolute Gasteiger partial charge is 0.377 e. The molecule has 310 valence electrons. The van der Waals surface area contributed by atoms with Gasteiger partial charge in [-0.15, -0.1) is 0 Å². The number of para-hydroxylation sites is 2. The van der Waals surface area contributed by atoms with Gasteiger partial charge >= 0.3 is 6.85 Å². The van der Waals surface area contributed by atoms with E-state index >= 15 is 0 Å². The molecule has 63 heavy (non-hydrogen) atoms. The maximum absolute atomic E-state index is 2.91. The Bertz CT molecular complexity index is 3140. The number of unbranched alkanes of at least 4 members (excludes halogenated alkanes) is 1. The number of anilines is 4. The molecule has 0 saturated carbocycles. The van der Waals surface area contributed by atoms with Gasteiger partial charge in [-0.1, -0.05) is 163 Å². The lowest BCUT2D eigenvalue weighted by atomic mass is 9.32.